The molecule has 0 aromatic heterocycles. The SMILES string of the molecule is CCCNCC1CCN(CC(=O)NC2CCCC2)CC1. The first-order valence-corrected chi connectivity index (χ1v) is 8.50. The molecule has 1 saturated carbocycles. The molecule has 4 nitrogen and oxygen atoms in total. The summed E-state index contributed by atoms with van der Waals surface area (Å²) in [6.45, 7) is 7.25. The molecule has 2 N–H and O–H groups in total. The van der Waals surface area contributed by atoms with E-state index < -0.39 is 0 Å². The summed E-state index contributed by atoms with van der Waals surface area (Å²) in [7, 11) is 0. The van der Waals surface area contributed by atoms with Crippen LogP contribution in [0.2, 0.25) is 0 Å². The Morgan fingerprint density at radius 3 is 2.50 bits per heavy atom. The van der Waals surface area contributed by atoms with Crippen LogP contribution in [-0.2, 0) is 4.79 Å². The molecular formula is C16H31N3O. The summed E-state index contributed by atoms with van der Waals surface area (Å²) in [6, 6.07) is 0.457. The van der Waals surface area contributed by atoms with Crippen LogP contribution in [0.3, 0.4) is 0 Å². The lowest BCUT2D eigenvalue weighted by molar-refractivity contribution is -0.123. The number of hydrogen-bond donors (Lipinski definition) is 2. The second-order valence-electron chi connectivity index (χ2n) is 6.47. The first kappa shape index (κ1) is 15.8. The van der Waals surface area contributed by atoms with Gasteiger partial charge in [-0.15, -0.1) is 0 Å². The number of amides is 1. The van der Waals surface area contributed by atoms with Crippen LogP contribution >= 0.6 is 0 Å². The topological polar surface area (TPSA) is 44.4 Å². The lowest BCUT2D eigenvalue weighted by Gasteiger charge is -2.31. The van der Waals surface area contributed by atoms with Crippen LogP contribution < -0.4 is 10.6 Å². The van der Waals surface area contributed by atoms with Crippen LogP contribution in [-0.4, -0.2) is 49.6 Å². The number of nitrogens with one attached hydrogen (secondary N) is 2. The van der Waals surface area contributed by atoms with E-state index in [-0.39, 0.29) is 5.91 Å². The van der Waals surface area contributed by atoms with Crippen molar-refractivity contribution < 1.29 is 4.79 Å². The molecule has 0 unspecified atom stereocenters. The molecule has 20 heavy (non-hydrogen) atoms. The fourth-order valence-electron chi connectivity index (χ4n) is 3.38. The third kappa shape index (κ3) is 5.41. The fraction of sp³-hybridized carbons (Fsp3) is 0.938. The van der Waals surface area contributed by atoms with E-state index in [9.17, 15) is 4.79 Å². The molecule has 2 aliphatic rings. The van der Waals surface area contributed by atoms with Crippen LogP contribution in [0.5, 0.6) is 0 Å². The van der Waals surface area contributed by atoms with Gasteiger partial charge < -0.3 is 10.6 Å². The van der Waals surface area contributed by atoms with Gasteiger partial charge in [0.25, 0.3) is 0 Å². The first-order chi connectivity index (χ1) is 9.78. The zero-order chi connectivity index (χ0) is 14.2. The highest BCUT2D eigenvalue weighted by molar-refractivity contribution is 5.78. The Bertz CT molecular complexity index is 281. The number of nitrogens with zero attached hydrogens (tertiary/aromatic N) is 1. The minimum atomic E-state index is 0.236. The highest BCUT2D eigenvalue weighted by Gasteiger charge is 2.22. The maximum absolute atomic E-state index is 12.0. The molecule has 1 aliphatic heterocycles. The molecule has 1 heterocycles. The normalized spacial score (nSPS) is 22.2. The van der Waals surface area contributed by atoms with Crippen molar-refractivity contribution in [3.05, 3.63) is 0 Å². The quantitative estimate of drug-likeness (QED) is 0.699. The third-order valence-corrected chi connectivity index (χ3v) is 4.65. The summed E-state index contributed by atoms with van der Waals surface area (Å²) in [4.78, 5) is 14.3. The highest BCUT2D eigenvalue weighted by atomic mass is 16.2. The number of carbonyl (C=O) groups excluding carboxylic acids is 1. The van der Waals surface area contributed by atoms with Crippen molar-refractivity contribution in [2.24, 2.45) is 5.92 Å². The van der Waals surface area contributed by atoms with Crippen LogP contribution in [0.15, 0.2) is 0 Å². The van der Waals surface area contributed by atoms with Crippen molar-refractivity contribution >= 4 is 5.91 Å². The summed E-state index contributed by atoms with van der Waals surface area (Å²) < 4.78 is 0. The van der Waals surface area contributed by atoms with Gasteiger partial charge in [0, 0.05) is 6.04 Å². The van der Waals surface area contributed by atoms with Gasteiger partial charge in [0.05, 0.1) is 6.54 Å². The molecule has 1 saturated heterocycles. The van der Waals surface area contributed by atoms with Crippen LogP contribution in [0.1, 0.15) is 51.9 Å². The molecule has 1 aliphatic carbocycles. The van der Waals surface area contributed by atoms with Crippen LogP contribution in [0.4, 0.5) is 0 Å². The summed E-state index contributed by atoms with van der Waals surface area (Å²) in [5.41, 5.74) is 0. The minimum Gasteiger partial charge on any atom is -0.352 e. The van der Waals surface area contributed by atoms with Gasteiger partial charge in [-0.05, 0) is 64.2 Å². The number of hydrogen-bond acceptors (Lipinski definition) is 3. The average molecular weight is 281 g/mol. The van der Waals surface area contributed by atoms with E-state index >= 15 is 0 Å². The van der Waals surface area contributed by atoms with Gasteiger partial charge in [0.15, 0.2) is 0 Å². The lowest BCUT2D eigenvalue weighted by atomic mass is 9.97. The van der Waals surface area contributed by atoms with Gasteiger partial charge in [-0.3, -0.25) is 9.69 Å². The molecule has 0 radical (unpaired) electrons. The molecule has 0 aromatic carbocycles. The van der Waals surface area contributed by atoms with E-state index in [0.29, 0.717) is 12.6 Å². The van der Waals surface area contributed by atoms with E-state index in [2.05, 4.69) is 22.5 Å². The Morgan fingerprint density at radius 1 is 1.15 bits per heavy atom. The monoisotopic (exact) mass is 281 g/mol. The lowest BCUT2D eigenvalue weighted by Crippen LogP contribution is -2.44. The van der Waals surface area contributed by atoms with Crippen molar-refractivity contribution in [1.29, 1.82) is 0 Å². The van der Waals surface area contributed by atoms with Crippen molar-refractivity contribution in [1.82, 2.24) is 15.5 Å². The third-order valence-electron chi connectivity index (χ3n) is 4.65. The summed E-state index contributed by atoms with van der Waals surface area (Å²) in [5.74, 6) is 1.04. The fourth-order valence-corrected chi connectivity index (χ4v) is 3.38. The van der Waals surface area contributed by atoms with Gasteiger partial charge in [-0.1, -0.05) is 19.8 Å². The van der Waals surface area contributed by atoms with Gasteiger partial charge in [-0.2, -0.15) is 0 Å². The number of likely N-dealkylation sites (tertiary alicyclic amines) is 1. The molecule has 2 fully saturated rings. The molecule has 0 spiro atoms. The summed E-state index contributed by atoms with van der Waals surface area (Å²) >= 11 is 0. The van der Waals surface area contributed by atoms with E-state index in [0.717, 1.165) is 32.1 Å². The predicted octanol–water partition coefficient (Wildman–Crippen LogP) is 1.76. The molecule has 0 aromatic rings. The summed E-state index contributed by atoms with van der Waals surface area (Å²) in [5, 5.41) is 6.70. The molecule has 2 rings (SSSR count). The maximum Gasteiger partial charge on any atom is 0.234 e. The number of rotatable bonds is 7. The number of carbonyl (C=O) groups is 1. The van der Waals surface area contributed by atoms with E-state index in [1.807, 2.05) is 0 Å². The Balaban J connectivity index is 1.57. The van der Waals surface area contributed by atoms with Gasteiger partial charge in [0.2, 0.25) is 5.91 Å². The van der Waals surface area contributed by atoms with Gasteiger partial charge in [-0.25, -0.2) is 0 Å². The number of piperidine rings is 1. The van der Waals surface area contributed by atoms with E-state index in [1.54, 1.807) is 0 Å². The zero-order valence-electron chi connectivity index (χ0n) is 13.0. The molecular weight excluding hydrogens is 250 g/mol. The largest absolute Gasteiger partial charge is 0.352 e. The predicted molar refractivity (Wildman–Crippen MR) is 82.7 cm³/mol. The molecule has 0 atom stereocenters. The first-order valence-electron chi connectivity index (χ1n) is 8.50. The molecule has 1 amide bonds. The average Bonchev–Trinajstić information content (AvgIpc) is 2.94. The molecule has 0 bridgehead atoms. The van der Waals surface area contributed by atoms with Crippen molar-refractivity contribution in [3.8, 4) is 0 Å². The van der Waals surface area contributed by atoms with E-state index in [1.165, 1.54) is 44.9 Å². The Labute approximate surface area is 123 Å². The van der Waals surface area contributed by atoms with Crippen LogP contribution in [0.25, 0.3) is 0 Å². The zero-order valence-corrected chi connectivity index (χ0v) is 13.0. The maximum atomic E-state index is 12.0. The standard InChI is InChI=1S/C16H31N3O/c1-2-9-17-12-14-7-10-19(11-8-14)13-16(20)18-15-5-3-4-6-15/h14-15,17H,2-13H2,1H3,(H,18,20). The Morgan fingerprint density at radius 2 is 1.85 bits per heavy atom. The summed E-state index contributed by atoms with van der Waals surface area (Å²) in [6.07, 6.45) is 8.58. The molecule has 116 valence electrons. The Hall–Kier alpha value is -0.610. The highest BCUT2D eigenvalue weighted by Crippen LogP contribution is 2.18. The van der Waals surface area contributed by atoms with Crippen molar-refractivity contribution in [3.63, 3.8) is 0 Å². The second-order valence-corrected chi connectivity index (χ2v) is 6.47. The van der Waals surface area contributed by atoms with Crippen LogP contribution in [0, 0.1) is 5.92 Å². The van der Waals surface area contributed by atoms with Crippen molar-refractivity contribution in [2.75, 3.05) is 32.7 Å². The smallest absolute Gasteiger partial charge is 0.234 e. The second kappa shape index (κ2) is 8.63. The minimum absolute atomic E-state index is 0.236. The Kier molecular flexibility index (Phi) is 6.80. The van der Waals surface area contributed by atoms with E-state index in [4.69, 9.17) is 0 Å². The van der Waals surface area contributed by atoms with Gasteiger partial charge in [0.1, 0.15) is 0 Å². The van der Waals surface area contributed by atoms with Gasteiger partial charge >= 0.3 is 0 Å². The van der Waals surface area contributed by atoms with Crippen molar-refractivity contribution in [2.45, 2.75) is 57.9 Å². The molecule has 4 heteroatoms.